The Hall–Kier alpha value is -0.690. The number of rotatable bonds is 1. The van der Waals surface area contributed by atoms with Crippen LogP contribution in [0.2, 0.25) is 0 Å². The summed E-state index contributed by atoms with van der Waals surface area (Å²) in [5, 5.41) is 15.9. The van der Waals surface area contributed by atoms with E-state index in [0.29, 0.717) is 0 Å². The van der Waals surface area contributed by atoms with E-state index in [1.54, 1.807) is 0 Å². The summed E-state index contributed by atoms with van der Waals surface area (Å²) < 4.78 is 0. The molecule has 0 saturated heterocycles. The summed E-state index contributed by atoms with van der Waals surface area (Å²) >= 11 is 0. The van der Waals surface area contributed by atoms with Gasteiger partial charge >= 0.3 is 5.91 Å². The molecule has 6 N–H and O–H groups in total. The van der Waals surface area contributed by atoms with Crippen LogP contribution in [0.3, 0.4) is 0 Å². The maximum Gasteiger partial charge on any atom is 0.304 e. The minimum Gasteiger partial charge on any atom is -0.370 e. The fourth-order valence-electron chi connectivity index (χ4n) is 0.136. The highest BCUT2D eigenvalue weighted by molar-refractivity contribution is 5.78. The van der Waals surface area contributed by atoms with Crippen molar-refractivity contribution in [2.24, 2.45) is 11.6 Å². The third kappa shape index (κ3) is 1.85. The van der Waals surface area contributed by atoms with Gasteiger partial charge in [0.05, 0.1) is 0 Å². The number of hydrazine groups is 1. The minimum atomic E-state index is -1.75. The second-order valence-corrected chi connectivity index (χ2v) is 1.13. The van der Waals surface area contributed by atoms with Gasteiger partial charge in [0.2, 0.25) is 0 Å². The summed E-state index contributed by atoms with van der Waals surface area (Å²) in [5.41, 5.74) is 4.56. The van der Waals surface area contributed by atoms with Gasteiger partial charge in [-0.1, -0.05) is 0 Å². The summed E-state index contributed by atoms with van der Waals surface area (Å²) in [6.45, 7) is 0. The third-order valence-electron chi connectivity index (χ3n) is 0.479. The number of aliphatic hydroxyl groups excluding tert-OH is 1. The standard InChI is InChI=1S/C2H7N3O3/c3-1(6)2(7)5(4)8/h1,6,8H,3-4H2/t1-/m0/s1. The molecule has 0 unspecified atom stereocenters. The molecule has 0 saturated carbocycles. The minimum absolute atomic E-state index is 0.273. The highest BCUT2D eigenvalue weighted by Gasteiger charge is 2.12. The fourth-order valence-corrected chi connectivity index (χ4v) is 0.136. The summed E-state index contributed by atoms with van der Waals surface area (Å²) in [4.78, 5) is 10.0. The molecule has 0 radical (unpaired) electrons. The Balaban J connectivity index is 3.65. The quantitative estimate of drug-likeness (QED) is 0.0995. The van der Waals surface area contributed by atoms with E-state index in [-0.39, 0.29) is 5.17 Å². The number of carbonyl (C=O) groups excluding carboxylic acids is 1. The SMILES string of the molecule is N[C@@H](O)C(=O)N(N)O. The van der Waals surface area contributed by atoms with Crippen LogP contribution in [-0.2, 0) is 4.79 Å². The molecule has 8 heavy (non-hydrogen) atoms. The van der Waals surface area contributed by atoms with Crippen LogP contribution in [0.4, 0.5) is 0 Å². The lowest BCUT2D eigenvalue weighted by molar-refractivity contribution is -0.175. The molecule has 0 aromatic rings. The number of nitrogens with zero attached hydrogens (tertiary/aromatic N) is 1. The molecule has 0 aliphatic carbocycles. The Morgan fingerprint density at radius 2 is 2.12 bits per heavy atom. The molecule has 1 atom stereocenters. The van der Waals surface area contributed by atoms with Gasteiger partial charge in [-0.25, -0.2) is 5.84 Å². The highest BCUT2D eigenvalue weighted by atomic mass is 16.5. The van der Waals surface area contributed by atoms with Gasteiger partial charge in [-0.15, -0.1) is 0 Å². The molecule has 0 aromatic carbocycles. The van der Waals surface area contributed by atoms with Crippen molar-refractivity contribution in [2.45, 2.75) is 6.23 Å². The lowest BCUT2D eigenvalue weighted by Crippen LogP contribution is -2.45. The predicted octanol–water partition coefficient (Wildman–Crippen LogP) is -2.65. The first kappa shape index (κ1) is 7.31. The number of carbonyl (C=O) groups is 1. The van der Waals surface area contributed by atoms with E-state index < -0.39 is 12.1 Å². The summed E-state index contributed by atoms with van der Waals surface area (Å²) in [7, 11) is 0. The van der Waals surface area contributed by atoms with E-state index >= 15 is 0 Å². The Morgan fingerprint density at radius 1 is 1.75 bits per heavy atom. The zero-order valence-electron chi connectivity index (χ0n) is 3.98. The zero-order valence-corrected chi connectivity index (χ0v) is 3.98. The first-order valence-electron chi connectivity index (χ1n) is 1.77. The molecule has 0 fully saturated rings. The van der Waals surface area contributed by atoms with Crippen molar-refractivity contribution in [3.05, 3.63) is 0 Å². The number of hydrogen-bond acceptors (Lipinski definition) is 5. The zero-order chi connectivity index (χ0) is 6.73. The average molecular weight is 121 g/mol. The molecule has 0 heterocycles. The van der Waals surface area contributed by atoms with Crippen LogP contribution in [0.15, 0.2) is 0 Å². The molecular weight excluding hydrogens is 114 g/mol. The van der Waals surface area contributed by atoms with Crippen LogP contribution in [0.1, 0.15) is 0 Å². The van der Waals surface area contributed by atoms with Crippen LogP contribution < -0.4 is 11.6 Å². The molecule has 1 amide bonds. The van der Waals surface area contributed by atoms with E-state index in [1.165, 1.54) is 0 Å². The van der Waals surface area contributed by atoms with Crippen molar-refractivity contribution in [1.29, 1.82) is 0 Å². The fraction of sp³-hybridized carbons (Fsp3) is 0.500. The lowest BCUT2D eigenvalue weighted by Gasteiger charge is -2.07. The molecule has 0 aliphatic heterocycles. The topological polar surface area (TPSA) is 113 Å². The van der Waals surface area contributed by atoms with Crippen LogP contribution in [0, 0.1) is 0 Å². The van der Waals surface area contributed by atoms with Gasteiger partial charge in [0.15, 0.2) is 6.23 Å². The van der Waals surface area contributed by atoms with Crippen molar-refractivity contribution >= 4 is 5.91 Å². The number of nitrogens with two attached hydrogens (primary N) is 2. The van der Waals surface area contributed by atoms with Crippen LogP contribution in [0.5, 0.6) is 0 Å². The monoisotopic (exact) mass is 121 g/mol. The maximum atomic E-state index is 10.0. The normalized spacial score (nSPS) is 13.0. The summed E-state index contributed by atoms with van der Waals surface area (Å²) in [5.74, 6) is 3.29. The maximum absolute atomic E-state index is 10.0. The van der Waals surface area contributed by atoms with E-state index in [1.807, 2.05) is 0 Å². The first-order chi connectivity index (χ1) is 3.55. The molecule has 0 spiro atoms. The van der Waals surface area contributed by atoms with Crippen molar-refractivity contribution in [2.75, 3.05) is 0 Å². The van der Waals surface area contributed by atoms with E-state index in [2.05, 4.69) is 11.6 Å². The summed E-state index contributed by atoms with van der Waals surface area (Å²) in [6.07, 6.45) is -1.75. The first-order valence-corrected chi connectivity index (χ1v) is 1.77. The number of amides is 1. The van der Waals surface area contributed by atoms with Crippen LogP contribution in [0.25, 0.3) is 0 Å². The third-order valence-corrected chi connectivity index (χ3v) is 0.479. The van der Waals surface area contributed by atoms with E-state index in [0.717, 1.165) is 0 Å². The van der Waals surface area contributed by atoms with Crippen molar-refractivity contribution < 1.29 is 15.1 Å². The van der Waals surface area contributed by atoms with Gasteiger partial charge in [0.25, 0.3) is 0 Å². The van der Waals surface area contributed by atoms with Crippen molar-refractivity contribution in [1.82, 2.24) is 5.17 Å². The Bertz CT molecular complexity index is 80.5. The number of hydrogen-bond donors (Lipinski definition) is 4. The molecule has 6 nitrogen and oxygen atoms in total. The van der Waals surface area contributed by atoms with Gasteiger partial charge in [0.1, 0.15) is 0 Å². The Labute approximate surface area is 45.2 Å². The van der Waals surface area contributed by atoms with E-state index in [4.69, 9.17) is 10.3 Å². The van der Waals surface area contributed by atoms with Crippen molar-refractivity contribution in [3.8, 4) is 0 Å². The van der Waals surface area contributed by atoms with E-state index in [9.17, 15) is 4.79 Å². The predicted molar refractivity (Wildman–Crippen MR) is 23.0 cm³/mol. The molecule has 0 aromatic heterocycles. The Kier molecular flexibility index (Phi) is 2.35. The van der Waals surface area contributed by atoms with Gasteiger partial charge in [0, 0.05) is 0 Å². The molecule has 0 rings (SSSR count). The lowest BCUT2D eigenvalue weighted by atomic mass is 10.6. The molecule has 0 aliphatic rings. The smallest absolute Gasteiger partial charge is 0.304 e. The second-order valence-electron chi connectivity index (χ2n) is 1.13. The van der Waals surface area contributed by atoms with Gasteiger partial charge < -0.3 is 5.11 Å². The van der Waals surface area contributed by atoms with Crippen LogP contribution in [-0.4, -0.2) is 27.6 Å². The molecular formula is C2H7N3O3. The molecule has 48 valence electrons. The average Bonchev–Trinajstić information content (AvgIpc) is 1.64. The second kappa shape index (κ2) is 2.58. The van der Waals surface area contributed by atoms with Gasteiger partial charge in [-0.3, -0.25) is 15.7 Å². The molecule has 6 heteroatoms. The van der Waals surface area contributed by atoms with Gasteiger partial charge in [-0.05, 0) is 0 Å². The summed E-state index contributed by atoms with van der Waals surface area (Å²) in [6, 6.07) is 0. The number of hydroxylamine groups is 1. The Morgan fingerprint density at radius 3 is 2.12 bits per heavy atom. The van der Waals surface area contributed by atoms with Crippen molar-refractivity contribution in [3.63, 3.8) is 0 Å². The highest BCUT2D eigenvalue weighted by Crippen LogP contribution is 1.74. The van der Waals surface area contributed by atoms with Gasteiger partial charge in [-0.2, -0.15) is 5.17 Å². The number of aliphatic hydroxyl groups is 1. The van der Waals surface area contributed by atoms with Crippen LogP contribution >= 0.6 is 0 Å². The largest absolute Gasteiger partial charge is 0.370 e. The molecule has 0 bridgehead atoms.